The first-order valence-electron chi connectivity index (χ1n) is 9.10. The normalized spacial score (nSPS) is 21.9. The van der Waals surface area contributed by atoms with Gasteiger partial charge >= 0.3 is 11.9 Å². The Bertz CT molecular complexity index is 1150. The minimum absolute atomic E-state index is 0.110. The summed E-state index contributed by atoms with van der Waals surface area (Å²) in [6.45, 7) is 2.10. The zero-order chi connectivity index (χ0) is 21.0. The summed E-state index contributed by atoms with van der Waals surface area (Å²) in [5.74, 6) is 0. The largest absolute Gasteiger partial charge is 0.418 e. The molecule has 8 heteroatoms. The number of hydrogen-bond acceptors (Lipinski definition) is 3. The molecule has 2 heterocycles. The number of halogens is 3. The molecule has 2 aromatic heterocycles. The predicted molar refractivity (Wildman–Crippen MR) is 101 cm³/mol. The molecule has 3 aromatic rings. The Morgan fingerprint density at radius 1 is 1.21 bits per heavy atom. The fourth-order valence-corrected chi connectivity index (χ4v) is 4.07. The lowest BCUT2D eigenvalue weighted by atomic mass is 9.64. The van der Waals surface area contributed by atoms with Gasteiger partial charge in [-0.25, -0.2) is 4.79 Å². The highest BCUT2D eigenvalue weighted by molar-refractivity contribution is 5.76. The van der Waals surface area contributed by atoms with Gasteiger partial charge in [0.25, 0.3) is 0 Å². The molecule has 0 amide bonds. The van der Waals surface area contributed by atoms with E-state index in [-0.39, 0.29) is 22.6 Å². The quantitative estimate of drug-likeness (QED) is 0.618. The van der Waals surface area contributed by atoms with Crippen LogP contribution in [0.2, 0.25) is 0 Å². The van der Waals surface area contributed by atoms with Gasteiger partial charge in [0.15, 0.2) is 6.29 Å². The minimum Gasteiger partial charge on any atom is -0.381 e. The number of carbonyl (C=O) groups is 1. The molecule has 0 N–H and O–H groups in total. The first-order valence-corrected chi connectivity index (χ1v) is 9.10. The van der Waals surface area contributed by atoms with E-state index in [9.17, 15) is 22.8 Å². The summed E-state index contributed by atoms with van der Waals surface area (Å²) >= 11 is 0. The van der Waals surface area contributed by atoms with Crippen LogP contribution in [0.5, 0.6) is 0 Å². The number of pyridine rings is 1. The van der Waals surface area contributed by atoms with E-state index in [0.717, 1.165) is 35.1 Å². The van der Waals surface area contributed by atoms with Crippen molar-refractivity contribution in [3.8, 4) is 5.69 Å². The number of ether oxygens (including phenoxy) is 1. The monoisotopic (exact) mass is 404 g/mol. The molecule has 0 atom stereocenters. The molecule has 1 aromatic carbocycles. The third-order valence-corrected chi connectivity index (χ3v) is 5.74. The molecule has 0 aliphatic heterocycles. The van der Waals surface area contributed by atoms with Gasteiger partial charge < -0.3 is 4.74 Å². The van der Waals surface area contributed by atoms with Gasteiger partial charge in [0.1, 0.15) is 0 Å². The lowest BCUT2D eigenvalue weighted by Gasteiger charge is -2.45. The maximum Gasteiger partial charge on any atom is 0.418 e. The Balaban J connectivity index is 1.86. The summed E-state index contributed by atoms with van der Waals surface area (Å²) < 4.78 is 47.8. The van der Waals surface area contributed by atoms with Gasteiger partial charge in [0.05, 0.1) is 22.9 Å². The van der Waals surface area contributed by atoms with Crippen molar-refractivity contribution < 1.29 is 22.7 Å². The third-order valence-electron chi connectivity index (χ3n) is 5.74. The lowest BCUT2D eigenvalue weighted by molar-refractivity contribution is -0.136. The van der Waals surface area contributed by atoms with E-state index in [1.54, 1.807) is 19.2 Å². The molecular weight excluding hydrogens is 385 g/mol. The Morgan fingerprint density at radius 2 is 1.93 bits per heavy atom. The average Bonchev–Trinajstić information content (AvgIpc) is 3.00. The highest BCUT2D eigenvalue weighted by atomic mass is 19.4. The molecule has 0 unspecified atom stereocenters. The van der Waals surface area contributed by atoms with Crippen LogP contribution in [0.1, 0.15) is 41.3 Å². The smallest absolute Gasteiger partial charge is 0.381 e. The summed E-state index contributed by atoms with van der Waals surface area (Å²) in [6.07, 6.45) is -0.265. The topological polar surface area (TPSA) is 52.7 Å². The number of nitrogens with zero attached hydrogens (tertiary/aromatic N) is 2. The van der Waals surface area contributed by atoms with E-state index < -0.39 is 17.4 Å². The Hall–Kier alpha value is -2.87. The van der Waals surface area contributed by atoms with Crippen molar-refractivity contribution in [2.75, 3.05) is 7.11 Å². The number of hydrogen-bond donors (Lipinski definition) is 0. The van der Waals surface area contributed by atoms with Gasteiger partial charge in [-0.15, -0.1) is 0 Å². The number of alkyl halides is 3. The van der Waals surface area contributed by atoms with Crippen LogP contribution in [0.3, 0.4) is 0 Å². The molecule has 0 spiro atoms. The molecule has 1 saturated carbocycles. The van der Waals surface area contributed by atoms with Crippen molar-refractivity contribution in [1.82, 2.24) is 8.97 Å². The first kappa shape index (κ1) is 19.4. The van der Waals surface area contributed by atoms with Crippen LogP contribution in [-0.4, -0.2) is 28.5 Å². The second kappa shape index (κ2) is 6.59. The number of rotatable bonds is 4. The molecule has 1 aliphatic carbocycles. The predicted octanol–water partition coefficient (Wildman–Crippen LogP) is 3.99. The van der Waals surface area contributed by atoms with Crippen LogP contribution in [0.25, 0.3) is 11.2 Å². The number of methoxy groups -OCH3 is 1. The summed E-state index contributed by atoms with van der Waals surface area (Å²) in [4.78, 5) is 23.9. The SMILES string of the molecule is CO[C@H]1C[C@@](C)(c2cccc(-n3cc4c(C(F)(F)F)cc(C=O)cn4c3=O)c2)C1. The van der Waals surface area contributed by atoms with E-state index in [1.807, 2.05) is 12.1 Å². The van der Waals surface area contributed by atoms with E-state index in [1.165, 1.54) is 10.8 Å². The van der Waals surface area contributed by atoms with Crippen LogP contribution < -0.4 is 5.69 Å². The summed E-state index contributed by atoms with van der Waals surface area (Å²) in [7, 11) is 1.67. The summed E-state index contributed by atoms with van der Waals surface area (Å²) in [5, 5.41) is 0. The van der Waals surface area contributed by atoms with Crippen LogP contribution >= 0.6 is 0 Å². The van der Waals surface area contributed by atoms with Crippen LogP contribution in [0, 0.1) is 0 Å². The second-order valence-corrected chi connectivity index (χ2v) is 7.72. The van der Waals surface area contributed by atoms with Crippen molar-refractivity contribution in [3.63, 3.8) is 0 Å². The molecule has 0 radical (unpaired) electrons. The van der Waals surface area contributed by atoms with E-state index in [4.69, 9.17) is 4.74 Å². The Kier molecular flexibility index (Phi) is 4.42. The number of imidazole rings is 1. The second-order valence-electron chi connectivity index (χ2n) is 7.72. The number of carbonyl (C=O) groups excluding carboxylic acids is 1. The maximum atomic E-state index is 13.5. The number of aldehydes is 1. The minimum atomic E-state index is -4.70. The highest BCUT2D eigenvalue weighted by Crippen LogP contribution is 2.45. The van der Waals surface area contributed by atoms with Crippen LogP contribution in [0.4, 0.5) is 13.2 Å². The number of fused-ring (bicyclic) bond motifs is 1. The molecule has 1 fully saturated rings. The van der Waals surface area contributed by atoms with Gasteiger partial charge in [0.2, 0.25) is 0 Å². The van der Waals surface area contributed by atoms with Gasteiger partial charge in [-0.3, -0.25) is 13.8 Å². The third kappa shape index (κ3) is 3.17. The van der Waals surface area contributed by atoms with Crippen molar-refractivity contribution in [1.29, 1.82) is 0 Å². The molecule has 4 rings (SSSR count). The van der Waals surface area contributed by atoms with Crippen molar-refractivity contribution in [3.05, 3.63) is 69.9 Å². The van der Waals surface area contributed by atoms with Gasteiger partial charge in [0, 0.05) is 25.1 Å². The van der Waals surface area contributed by atoms with Gasteiger partial charge in [-0.2, -0.15) is 13.2 Å². The standard InChI is InChI=1S/C21H19F3N2O3/c1-20(8-16(9-20)29-2)14-4-3-5-15(7-14)25-11-18-17(21(22,23)24)6-13(12-27)10-26(18)19(25)28/h3-7,10-12,16H,8-9H2,1-2H3/t16-,20+. The molecule has 29 heavy (non-hydrogen) atoms. The van der Waals surface area contributed by atoms with Crippen molar-refractivity contribution >= 4 is 11.8 Å². The molecular formula is C21H19F3N2O3. The number of benzene rings is 1. The van der Waals surface area contributed by atoms with E-state index in [2.05, 4.69) is 6.92 Å². The zero-order valence-electron chi connectivity index (χ0n) is 15.9. The van der Waals surface area contributed by atoms with Gasteiger partial charge in [-0.1, -0.05) is 19.1 Å². The Morgan fingerprint density at radius 3 is 2.55 bits per heavy atom. The van der Waals surface area contributed by atoms with Crippen LogP contribution in [0.15, 0.2) is 47.5 Å². The lowest BCUT2D eigenvalue weighted by Crippen LogP contribution is -2.43. The highest BCUT2D eigenvalue weighted by Gasteiger charge is 2.42. The molecule has 0 bridgehead atoms. The zero-order valence-corrected chi connectivity index (χ0v) is 15.9. The molecule has 5 nitrogen and oxygen atoms in total. The van der Waals surface area contributed by atoms with E-state index in [0.29, 0.717) is 12.0 Å². The van der Waals surface area contributed by atoms with E-state index >= 15 is 0 Å². The Labute approximate surface area is 164 Å². The molecule has 152 valence electrons. The van der Waals surface area contributed by atoms with Crippen LogP contribution in [-0.2, 0) is 16.3 Å². The first-order chi connectivity index (χ1) is 13.7. The number of aromatic nitrogens is 2. The van der Waals surface area contributed by atoms with Crippen molar-refractivity contribution in [2.45, 2.75) is 37.5 Å². The summed E-state index contributed by atoms with van der Waals surface area (Å²) in [6, 6.07) is 7.98. The average molecular weight is 404 g/mol. The summed E-state index contributed by atoms with van der Waals surface area (Å²) in [5.41, 5.74) is -0.850. The fourth-order valence-electron chi connectivity index (χ4n) is 4.07. The maximum absolute atomic E-state index is 13.5. The van der Waals surface area contributed by atoms with Gasteiger partial charge in [-0.05, 0) is 42.0 Å². The molecule has 1 aliphatic rings. The molecule has 0 saturated heterocycles. The van der Waals surface area contributed by atoms with Crippen molar-refractivity contribution in [2.24, 2.45) is 0 Å². The fraction of sp³-hybridized carbons (Fsp3) is 0.333.